The van der Waals surface area contributed by atoms with E-state index in [-0.39, 0.29) is 11.5 Å². The summed E-state index contributed by atoms with van der Waals surface area (Å²) in [5.41, 5.74) is 7.65. The molecule has 1 amide bonds. The van der Waals surface area contributed by atoms with Gasteiger partial charge in [0.25, 0.3) is 5.91 Å². The van der Waals surface area contributed by atoms with Crippen LogP contribution < -0.4 is 16.4 Å². The first-order valence-electron chi connectivity index (χ1n) is 8.24. The van der Waals surface area contributed by atoms with E-state index in [9.17, 15) is 4.79 Å². The van der Waals surface area contributed by atoms with Crippen molar-refractivity contribution in [2.24, 2.45) is 12.8 Å². The number of amides is 1. The Labute approximate surface area is 151 Å². The highest BCUT2D eigenvalue weighted by Gasteiger charge is 2.14. The number of hydrogen-bond acceptors (Lipinski definition) is 6. The Kier molecular flexibility index (Phi) is 5.12. The monoisotopic (exact) mass is 351 g/mol. The molecule has 2 heterocycles. The van der Waals surface area contributed by atoms with E-state index in [0.29, 0.717) is 18.3 Å². The predicted molar refractivity (Wildman–Crippen MR) is 100 cm³/mol. The number of aryl methyl sites for hydroxylation is 1. The number of anilines is 3. The minimum Gasteiger partial charge on any atom is -0.369 e. The second-order valence-corrected chi connectivity index (χ2v) is 6.04. The third-order valence-corrected chi connectivity index (χ3v) is 3.96. The predicted octanol–water partition coefficient (Wildman–Crippen LogP) is 2.27. The van der Waals surface area contributed by atoms with E-state index in [2.05, 4.69) is 44.8 Å². The molecule has 3 rings (SSSR count). The second kappa shape index (κ2) is 7.64. The molecule has 2 aromatic heterocycles. The Morgan fingerprint density at radius 2 is 2.04 bits per heavy atom. The van der Waals surface area contributed by atoms with Crippen molar-refractivity contribution in [2.75, 3.05) is 17.2 Å². The van der Waals surface area contributed by atoms with Crippen molar-refractivity contribution in [1.29, 1.82) is 0 Å². The fourth-order valence-electron chi connectivity index (χ4n) is 2.52. The van der Waals surface area contributed by atoms with Gasteiger partial charge < -0.3 is 16.4 Å². The van der Waals surface area contributed by atoms with Crippen LogP contribution in [0.15, 0.2) is 48.9 Å². The maximum absolute atomic E-state index is 11.7. The molecular weight excluding hydrogens is 330 g/mol. The molecule has 1 atom stereocenters. The van der Waals surface area contributed by atoms with Crippen LogP contribution in [0.4, 0.5) is 17.5 Å². The van der Waals surface area contributed by atoms with Gasteiger partial charge in [0.05, 0.1) is 17.4 Å². The molecule has 26 heavy (non-hydrogen) atoms. The van der Waals surface area contributed by atoms with Crippen molar-refractivity contribution in [2.45, 2.75) is 12.8 Å². The van der Waals surface area contributed by atoms with Crippen LogP contribution in [0.25, 0.3) is 0 Å². The lowest BCUT2D eigenvalue weighted by molar-refractivity contribution is 0.100. The molecule has 0 aliphatic carbocycles. The van der Waals surface area contributed by atoms with E-state index in [4.69, 9.17) is 5.73 Å². The molecule has 8 nitrogen and oxygen atoms in total. The molecular formula is C18H21N7O. The lowest BCUT2D eigenvalue weighted by Crippen LogP contribution is -2.19. The van der Waals surface area contributed by atoms with Crippen molar-refractivity contribution in [3.63, 3.8) is 0 Å². The summed E-state index contributed by atoms with van der Waals surface area (Å²) >= 11 is 0. The topological polar surface area (TPSA) is 111 Å². The van der Waals surface area contributed by atoms with Gasteiger partial charge in [-0.1, -0.05) is 37.3 Å². The maximum atomic E-state index is 11.7. The first kappa shape index (κ1) is 17.4. The van der Waals surface area contributed by atoms with Gasteiger partial charge in [-0.2, -0.15) is 10.1 Å². The van der Waals surface area contributed by atoms with Crippen LogP contribution in [-0.4, -0.2) is 32.2 Å². The van der Waals surface area contributed by atoms with Gasteiger partial charge in [0.2, 0.25) is 5.95 Å². The quantitative estimate of drug-likeness (QED) is 0.602. The van der Waals surface area contributed by atoms with Gasteiger partial charge in [0, 0.05) is 26.0 Å². The van der Waals surface area contributed by atoms with E-state index in [1.807, 2.05) is 25.2 Å². The number of aromatic nitrogens is 4. The van der Waals surface area contributed by atoms with Crippen LogP contribution in [0.1, 0.15) is 28.8 Å². The molecule has 0 aliphatic heterocycles. The molecule has 0 spiro atoms. The summed E-state index contributed by atoms with van der Waals surface area (Å²) in [5.74, 6) is 0.425. The Morgan fingerprint density at radius 1 is 1.27 bits per heavy atom. The Morgan fingerprint density at radius 3 is 2.69 bits per heavy atom. The number of carbonyl (C=O) groups excluding carboxylic acids is 1. The van der Waals surface area contributed by atoms with Gasteiger partial charge >= 0.3 is 0 Å². The van der Waals surface area contributed by atoms with E-state index in [1.165, 1.54) is 11.8 Å². The van der Waals surface area contributed by atoms with Crippen LogP contribution in [0.2, 0.25) is 0 Å². The van der Waals surface area contributed by atoms with Crippen LogP contribution in [0.5, 0.6) is 0 Å². The molecule has 0 fully saturated rings. The molecule has 0 unspecified atom stereocenters. The lowest BCUT2D eigenvalue weighted by Gasteiger charge is -2.15. The van der Waals surface area contributed by atoms with Crippen molar-refractivity contribution >= 4 is 23.4 Å². The van der Waals surface area contributed by atoms with Crippen molar-refractivity contribution < 1.29 is 4.79 Å². The zero-order valence-electron chi connectivity index (χ0n) is 14.7. The summed E-state index contributed by atoms with van der Waals surface area (Å²) < 4.78 is 1.67. The van der Waals surface area contributed by atoms with E-state index in [0.717, 1.165) is 5.69 Å². The van der Waals surface area contributed by atoms with E-state index in [1.54, 1.807) is 17.1 Å². The largest absolute Gasteiger partial charge is 0.369 e. The smallest absolute Gasteiger partial charge is 0.254 e. The SMILES string of the molecule is C[C@H](CNc1nc(Nc2cnn(C)c2)ncc1C(N)=O)c1ccccc1. The maximum Gasteiger partial charge on any atom is 0.254 e. The zero-order valence-corrected chi connectivity index (χ0v) is 14.7. The number of hydrogen-bond donors (Lipinski definition) is 3. The first-order chi connectivity index (χ1) is 12.5. The fourth-order valence-corrected chi connectivity index (χ4v) is 2.52. The van der Waals surface area contributed by atoms with E-state index < -0.39 is 5.91 Å². The van der Waals surface area contributed by atoms with Crippen LogP contribution in [0.3, 0.4) is 0 Å². The third-order valence-electron chi connectivity index (χ3n) is 3.96. The average Bonchev–Trinajstić information content (AvgIpc) is 3.05. The first-order valence-corrected chi connectivity index (χ1v) is 8.24. The summed E-state index contributed by atoms with van der Waals surface area (Å²) in [4.78, 5) is 20.2. The van der Waals surface area contributed by atoms with Gasteiger partial charge in [-0.25, -0.2) is 4.98 Å². The van der Waals surface area contributed by atoms with Crippen LogP contribution in [-0.2, 0) is 7.05 Å². The van der Waals surface area contributed by atoms with E-state index >= 15 is 0 Å². The summed E-state index contributed by atoms with van der Waals surface area (Å²) in [7, 11) is 1.82. The molecule has 0 aliphatic rings. The number of nitrogens with two attached hydrogens (primary N) is 1. The lowest BCUT2D eigenvalue weighted by atomic mass is 10.0. The van der Waals surface area contributed by atoms with Crippen LogP contribution in [0, 0.1) is 0 Å². The number of carbonyl (C=O) groups is 1. The van der Waals surface area contributed by atoms with Crippen molar-refractivity contribution in [3.8, 4) is 0 Å². The van der Waals surface area contributed by atoms with Gasteiger partial charge in [0.15, 0.2) is 0 Å². The number of primary amides is 1. The number of nitrogens with one attached hydrogen (secondary N) is 2. The van der Waals surface area contributed by atoms with Gasteiger partial charge in [-0.05, 0) is 11.5 Å². The highest BCUT2D eigenvalue weighted by molar-refractivity contribution is 5.97. The average molecular weight is 351 g/mol. The zero-order chi connectivity index (χ0) is 18.5. The van der Waals surface area contributed by atoms with Crippen molar-refractivity contribution in [3.05, 3.63) is 60.0 Å². The summed E-state index contributed by atoms with van der Waals surface area (Å²) in [6, 6.07) is 10.1. The number of benzene rings is 1. The Bertz CT molecular complexity index is 892. The molecule has 3 aromatic rings. The fraction of sp³-hybridized carbons (Fsp3) is 0.222. The molecule has 0 saturated carbocycles. The van der Waals surface area contributed by atoms with Gasteiger partial charge in [0.1, 0.15) is 5.82 Å². The molecule has 0 radical (unpaired) electrons. The number of rotatable bonds is 7. The minimum atomic E-state index is -0.576. The standard InChI is InChI=1S/C18H21N7O/c1-12(13-6-4-3-5-7-13)8-20-17-15(16(19)26)10-21-18(24-17)23-14-9-22-25(2)11-14/h3-7,9-12H,8H2,1-2H3,(H2,19,26)(H2,20,21,23,24)/t12-/m1/s1. The highest BCUT2D eigenvalue weighted by Crippen LogP contribution is 2.19. The molecule has 0 bridgehead atoms. The Balaban J connectivity index is 1.77. The van der Waals surface area contributed by atoms with Crippen LogP contribution >= 0.6 is 0 Å². The molecule has 1 aromatic carbocycles. The third kappa shape index (κ3) is 4.15. The molecule has 4 N–H and O–H groups in total. The summed E-state index contributed by atoms with van der Waals surface area (Å²) in [6.45, 7) is 2.70. The normalized spacial score (nSPS) is 11.8. The molecule has 8 heteroatoms. The highest BCUT2D eigenvalue weighted by atomic mass is 16.1. The second-order valence-electron chi connectivity index (χ2n) is 6.04. The molecule has 0 saturated heterocycles. The summed E-state index contributed by atoms with van der Waals surface area (Å²) in [5, 5.41) is 10.3. The number of nitrogens with zero attached hydrogens (tertiary/aromatic N) is 4. The minimum absolute atomic E-state index is 0.238. The Hall–Kier alpha value is -3.42. The summed E-state index contributed by atoms with van der Waals surface area (Å²) in [6.07, 6.45) is 4.88. The van der Waals surface area contributed by atoms with Gasteiger partial charge in [-0.15, -0.1) is 0 Å². The van der Waals surface area contributed by atoms with Gasteiger partial charge in [-0.3, -0.25) is 9.48 Å². The van der Waals surface area contributed by atoms with Crippen molar-refractivity contribution in [1.82, 2.24) is 19.7 Å². The molecule has 134 valence electrons.